The number of amides is 1. The summed E-state index contributed by atoms with van der Waals surface area (Å²) in [6.45, 7) is 12.5. The predicted molar refractivity (Wildman–Crippen MR) is 316 cm³/mol. The number of halogens is 1. The van der Waals surface area contributed by atoms with Gasteiger partial charge in [0.1, 0.15) is 38.6 Å². The first kappa shape index (κ1) is 58.6. The van der Waals surface area contributed by atoms with E-state index in [1.165, 1.54) is 6.20 Å². The number of ether oxygens (including phenoxy) is 2. The van der Waals surface area contributed by atoms with Crippen LogP contribution in [0.25, 0.3) is 11.0 Å². The van der Waals surface area contributed by atoms with E-state index in [4.69, 9.17) is 21.1 Å². The quantitative estimate of drug-likeness (QED) is 0.0326. The number of aromatic nitrogens is 5. The molecule has 4 heterocycles. The number of carbonyl (C=O) groups excluding carboxylic acids is 1. The molecule has 1 amide bonds. The molecule has 1 fully saturated rings. The zero-order valence-electron chi connectivity index (χ0n) is 46.1. The SMILES string of the molecule is Cc1ccc(C(CC(=O)O)c2cc(OCC(=O)NCCCCCCN3CCN(c4ccc(Nc5ncc(Cl)c(Nc6ccccc6S(=O)(=O)C(C)C)n5)cc4)CC3)c3c(c2)nnn3C)cc1CN1CC(C)Oc2ccccc2S1(O)O. The standard InChI is InChI=1S/C58H70ClN11O9S2/c1-38(2)80(74,75)52-16-10-8-14-48(52)63-57-47(59)34-61-58(64-57)62-44-20-22-45(23-21-44)69-28-26-68(27-29-69)25-13-7-6-12-24-60-54(71)37-78-51-32-42(31-49-56(51)67(5)66-65-49)46(33-55(72)73)41-19-18-39(3)43(30-41)36-70-35-40(4)79-50-15-9-11-17-53(50)81(70,76)77/h8-11,14-23,30-32,34,38,40,46,76-77H,6-7,12-13,24-29,33,35-37H2,1-5H3,(H,60,71)(H,72,73)(H2,61,62,63,64). The lowest BCUT2D eigenvalue weighted by molar-refractivity contribution is -0.137. The molecule has 6 N–H and O–H groups in total. The van der Waals surface area contributed by atoms with Crippen molar-refractivity contribution in [3.05, 3.63) is 137 Å². The summed E-state index contributed by atoms with van der Waals surface area (Å²) in [6, 6.07) is 31.0. The molecule has 2 aliphatic heterocycles. The van der Waals surface area contributed by atoms with Crippen LogP contribution in [0.3, 0.4) is 0 Å². The minimum atomic E-state index is -3.56. The van der Waals surface area contributed by atoms with Gasteiger partial charge < -0.3 is 35.4 Å². The number of aliphatic carboxylic acids is 1. The van der Waals surface area contributed by atoms with Crippen LogP contribution in [0.15, 0.2) is 119 Å². The molecule has 0 radical (unpaired) electrons. The van der Waals surface area contributed by atoms with Crippen LogP contribution in [0.2, 0.25) is 5.02 Å². The Morgan fingerprint density at radius 3 is 2.41 bits per heavy atom. The molecule has 1 saturated heterocycles. The van der Waals surface area contributed by atoms with Gasteiger partial charge in [-0.25, -0.2) is 18.1 Å². The number of rotatable bonds is 23. The fraction of sp³-hybridized carbons (Fsp3) is 0.379. The highest BCUT2D eigenvalue weighted by Gasteiger charge is 2.34. The van der Waals surface area contributed by atoms with Crippen molar-refractivity contribution in [2.45, 2.75) is 93.4 Å². The van der Waals surface area contributed by atoms with E-state index in [2.05, 4.69) is 58.2 Å². The summed E-state index contributed by atoms with van der Waals surface area (Å²) < 4.78 is 64.7. The Balaban J connectivity index is 0.716. The summed E-state index contributed by atoms with van der Waals surface area (Å²) in [5.74, 6) is -0.569. The maximum atomic E-state index is 13.1. The van der Waals surface area contributed by atoms with Crippen LogP contribution in [0.4, 0.5) is 28.8 Å². The molecule has 23 heteroatoms. The number of para-hydroxylation sites is 2. The molecule has 430 valence electrons. The van der Waals surface area contributed by atoms with Crippen molar-refractivity contribution in [2.24, 2.45) is 7.05 Å². The second-order valence-electron chi connectivity index (χ2n) is 20.8. The lowest BCUT2D eigenvalue weighted by Gasteiger charge is -2.42. The van der Waals surface area contributed by atoms with E-state index >= 15 is 0 Å². The molecule has 2 aromatic heterocycles. The number of carboxylic acids is 1. The molecule has 9 rings (SSSR count). The number of piperazine rings is 1. The Morgan fingerprint density at radius 1 is 0.901 bits per heavy atom. The van der Waals surface area contributed by atoms with Crippen molar-refractivity contribution in [3.63, 3.8) is 0 Å². The third-order valence-electron chi connectivity index (χ3n) is 14.6. The summed E-state index contributed by atoms with van der Waals surface area (Å²) in [6.07, 6.45) is 4.77. The van der Waals surface area contributed by atoms with Crippen LogP contribution in [-0.4, -0.2) is 132 Å². The molecule has 0 spiro atoms. The lowest BCUT2D eigenvalue weighted by atomic mass is 9.86. The number of carboxylic acid groups (broad SMARTS) is 1. The van der Waals surface area contributed by atoms with Gasteiger partial charge in [0.2, 0.25) is 5.95 Å². The smallest absolute Gasteiger partial charge is 0.304 e. The highest BCUT2D eigenvalue weighted by atomic mass is 35.5. The molecule has 5 aromatic carbocycles. The van der Waals surface area contributed by atoms with Gasteiger partial charge in [0.25, 0.3) is 5.91 Å². The maximum Gasteiger partial charge on any atom is 0.304 e. The van der Waals surface area contributed by atoms with E-state index in [0.29, 0.717) is 56.7 Å². The van der Waals surface area contributed by atoms with Crippen molar-refractivity contribution in [1.29, 1.82) is 0 Å². The topological polar surface area (TPSA) is 250 Å². The number of sulfone groups is 1. The first-order valence-electron chi connectivity index (χ1n) is 27.1. The highest BCUT2D eigenvalue weighted by Crippen LogP contribution is 2.57. The fourth-order valence-corrected chi connectivity index (χ4v) is 13.1. The fourth-order valence-electron chi connectivity index (χ4n) is 10.1. The van der Waals surface area contributed by atoms with Crippen LogP contribution < -0.4 is 30.3 Å². The van der Waals surface area contributed by atoms with Crippen molar-refractivity contribution in [2.75, 3.05) is 68.0 Å². The first-order valence-corrected chi connectivity index (χ1v) is 30.6. The Morgan fingerprint density at radius 2 is 1.64 bits per heavy atom. The van der Waals surface area contributed by atoms with Gasteiger partial charge in [0.05, 0.1) is 35.0 Å². The average molecular weight is 1160 g/mol. The largest absolute Gasteiger partial charge is 0.487 e. The Bertz CT molecular complexity index is 3470. The Hall–Kier alpha value is -7.05. The minimum absolute atomic E-state index is 0.170. The molecule has 0 aliphatic carbocycles. The second kappa shape index (κ2) is 25.8. The van der Waals surface area contributed by atoms with E-state index in [1.54, 1.807) is 90.5 Å². The molecule has 0 bridgehead atoms. The van der Waals surface area contributed by atoms with Crippen molar-refractivity contribution in [3.8, 4) is 11.5 Å². The van der Waals surface area contributed by atoms with Crippen molar-refractivity contribution >= 4 is 84.0 Å². The molecule has 0 saturated carbocycles. The maximum absolute atomic E-state index is 13.1. The number of aryl methyl sites for hydroxylation is 2. The van der Waals surface area contributed by atoms with Gasteiger partial charge in [-0.3, -0.25) is 23.6 Å². The van der Waals surface area contributed by atoms with E-state index < -0.39 is 37.8 Å². The van der Waals surface area contributed by atoms with Crippen LogP contribution in [0, 0.1) is 6.92 Å². The summed E-state index contributed by atoms with van der Waals surface area (Å²) in [5.41, 5.74) is 6.37. The molecule has 2 unspecified atom stereocenters. The summed E-state index contributed by atoms with van der Waals surface area (Å²) >= 11 is 6.44. The summed E-state index contributed by atoms with van der Waals surface area (Å²) in [4.78, 5) is 39.9. The predicted octanol–water partition coefficient (Wildman–Crippen LogP) is 10.2. The number of hydrogen-bond acceptors (Lipinski definition) is 17. The van der Waals surface area contributed by atoms with E-state index in [1.807, 2.05) is 44.2 Å². The second-order valence-corrected chi connectivity index (χ2v) is 25.7. The molecule has 7 aromatic rings. The van der Waals surface area contributed by atoms with Crippen molar-refractivity contribution in [1.82, 2.24) is 39.5 Å². The molecule has 2 aliphatic rings. The zero-order chi connectivity index (χ0) is 57.4. The van der Waals surface area contributed by atoms with Gasteiger partial charge >= 0.3 is 5.97 Å². The van der Waals surface area contributed by atoms with Gasteiger partial charge in [-0.05, 0) is 130 Å². The van der Waals surface area contributed by atoms with Gasteiger partial charge in [-0.1, -0.05) is 72.1 Å². The monoisotopic (exact) mass is 1160 g/mol. The number of anilines is 5. The van der Waals surface area contributed by atoms with Gasteiger partial charge in [-0.15, -0.1) is 15.9 Å². The van der Waals surface area contributed by atoms with Crippen LogP contribution in [0.1, 0.15) is 81.0 Å². The van der Waals surface area contributed by atoms with Crippen molar-refractivity contribution < 1.29 is 41.7 Å². The minimum Gasteiger partial charge on any atom is -0.487 e. The average Bonchev–Trinajstić information content (AvgIpc) is 3.94. The number of unbranched alkanes of at least 4 members (excludes halogenated alkanes) is 3. The number of benzene rings is 5. The number of fused-ring (bicyclic) bond motifs is 2. The normalized spacial score (nSPS) is 16.5. The Kier molecular flexibility index (Phi) is 18.7. The Labute approximate surface area is 479 Å². The van der Waals surface area contributed by atoms with Crippen LogP contribution in [0.5, 0.6) is 11.5 Å². The zero-order valence-corrected chi connectivity index (χ0v) is 48.5. The lowest BCUT2D eigenvalue weighted by Crippen LogP contribution is -2.46. The third-order valence-corrected chi connectivity index (χ3v) is 19.1. The molecule has 81 heavy (non-hydrogen) atoms. The molecular formula is C58H70ClN11O9S2. The van der Waals surface area contributed by atoms with Gasteiger partial charge in [0.15, 0.2) is 22.3 Å². The van der Waals surface area contributed by atoms with E-state index in [9.17, 15) is 32.2 Å². The molecule has 20 nitrogen and oxygen atoms in total. The number of nitrogens with zero attached hydrogens (tertiary/aromatic N) is 8. The number of nitrogens with one attached hydrogen (secondary N) is 3. The number of carbonyl (C=O) groups is 2. The van der Waals surface area contributed by atoms with E-state index in [0.717, 1.165) is 80.9 Å². The molecule has 2 atom stereocenters. The first-order chi connectivity index (χ1) is 38.8. The molecular weight excluding hydrogens is 1090 g/mol. The highest BCUT2D eigenvalue weighted by molar-refractivity contribution is 8.22. The number of hydrogen-bond donors (Lipinski definition) is 6. The van der Waals surface area contributed by atoms with E-state index in [-0.39, 0.29) is 53.9 Å². The van der Waals surface area contributed by atoms with Gasteiger partial charge in [-0.2, -0.15) is 9.29 Å². The summed E-state index contributed by atoms with van der Waals surface area (Å²) in [7, 11) is -5.25. The van der Waals surface area contributed by atoms with Gasteiger partial charge in [0, 0.05) is 63.6 Å². The van der Waals surface area contributed by atoms with Crippen LogP contribution >= 0.6 is 22.4 Å². The summed E-state index contributed by atoms with van der Waals surface area (Å²) in [5, 5.41) is 27.7. The third kappa shape index (κ3) is 14.2. The van der Waals surface area contributed by atoms with Crippen LogP contribution in [-0.2, 0) is 33.0 Å².